The summed E-state index contributed by atoms with van der Waals surface area (Å²) < 4.78 is 7.60. The van der Waals surface area contributed by atoms with Gasteiger partial charge in [-0.05, 0) is 44.4 Å². The van der Waals surface area contributed by atoms with E-state index in [1.807, 2.05) is 6.33 Å². The highest BCUT2D eigenvalue weighted by atomic mass is 16.5. The second-order valence-corrected chi connectivity index (χ2v) is 8.06. The lowest BCUT2D eigenvalue weighted by atomic mass is 9.82. The van der Waals surface area contributed by atoms with Crippen LogP contribution in [0.4, 0.5) is 0 Å². The number of hydrogen-bond acceptors (Lipinski definition) is 4. The summed E-state index contributed by atoms with van der Waals surface area (Å²) in [6.45, 7) is 5.19. The van der Waals surface area contributed by atoms with Crippen LogP contribution in [0.15, 0.2) is 6.33 Å². The molecule has 0 aromatic carbocycles. The number of nitrogens with zero attached hydrogens (tertiary/aromatic N) is 2. The van der Waals surface area contributed by atoms with Gasteiger partial charge in [-0.2, -0.15) is 0 Å². The van der Waals surface area contributed by atoms with Gasteiger partial charge in [-0.1, -0.05) is 6.92 Å². The van der Waals surface area contributed by atoms with Crippen molar-refractivity contribution >= 4 is 5.91 Å². The molecule has 2 N–H and O–H groups in total. The summed E-state index contributed by atoms with van der Waals surface area (Å²) in [5, 5.41) is 6.90. The first kappa shape index (κ1) is 17.0. The normalized spacial score (nSPS) is 28.5. The molecule has 0 unspecified atom stereocenters. The Balaban J connectivity index is 1.43. The number of carbonyl (C=O) groups is 1. The largest absolute Gasteiger partial charge is 0.381 e. The minimum Gasteiger partial charge on any atom is -0.381 e. The van der Waals surface area contributed by atoms with Gasteiger partial charge in [0.15, 0.2) is 0 Å². The van der Waals surface area contributed by atoms with E-state index in [4.69, 9.17) is 9.72 Å². The molecule has 1 saturated heterocycles. The number of amides is 1. The standard InChI is InChI=1S/C19H30N4O2/c1-14-2-4-15(5-3-14)22-17(24)12-23-13-20-18-16(23)6-9-21-19(18)7-10-25-11-8-19/h13-15,21H,2-12H2,1H3,(H,22,24). The number of ether oxygens (including phenoxy) is 1. The number of aromatic nitrogens is 2. The molecule has 1 aromatic rings. The van der Waals surface area contributed by atoms with E-state index < -0.39 is 0 Å². The van der Waals surface area contributed by atoms with Crippen LogP contribution in [0.3, 0.4) is 0 Å². The van der Waals surface area contributed by atoms with Gasteiger partial charge in [0.25, 0.3) is 0 Å². The van der Waals surface area contributed by atoms with E-state index >= 15 is 0 Å². The molecule has 1 aromatic heterocycles. The first-order valence-electron chi connectivity index (χ1n) is 9.83. The molecule has 0 radical (unpaired) electrons. The second kappa shape index (κ2) is 7.08. The maximum Gasteiger partial charge on any atom is 0.240 e. The van der Waals surface area contributed by atoms with Gasteiger partial charge >= 0.3 is 0 Å². The molecule has 1 spiro atoms. The van der Waals surface area contributed by atoms with Crippen LogP contribution in [0, 0.1) is 5.92 Å². The fourth-order valence-corrected chi connectivity index (χ4v) is 4.68. The van der Waals surface area contributed by atoms with Gasteiger partial charge in [0.2, 0.25) is 5.91 Å². The molecule has 2 fully saturated rings. The Hall–Kier alpha value is -1.40. The summed E-state index contributed by atoms with van der Waals surface area (Å²) in [4.78, 5) is 17.2. The van der Waals surface area contributed by atoms with Crippen molar-refractivity contribution < 1.29 is 9.53 Å². The van der Waals surface area contributed by atoms with E-state index in [1.165, 1.54) is 18.5 Å². The van der Waals surface area contributed by atoms with Crippen LogP contribution >= 0.6 is 0 Å². The number of carbonyl (C=O) groups excluding carboxylic acids is 1. The molecular formula is C19H30N4O2. The van der Waals surface area contributed by atoms with Crippen molar-refractivity contribution in [2.45, 2.75) is 70.0 Å². The van der Waals surface area contributed by atoms with Crippen LogP contribution in [0.1, 0.15) is 56.8 Å². The Labute approximate surface area is 149 Å². The molecule has 2 aliphatic heterocycles. The van der Waals surface area contributed by atoms with Gasteiger partial charge in [0.05, 0.1) is 17.6 Å². The van der Waals surface area contributed by atoms with Crippen LogP contribution in [-0.2, 0) is 28.0 Å². The first-order valence-corrected chi connectivity index (χ1v) is 9.83. The van der Waals surface area contributed by atoms with E-state index in [0.29, 0.717) is 12.6 Å². The van der Waals surface area contributed by atoms with Crippen LogP contribution in [0.2, 0.25) is 0 Å². The van der Waals surface area contributed by atoms with Gasteiger partial charge in [-0.15, -0.1) is 0 Å². The zero-order chi connectivity index (χ0) is 17.3. The topological polar surface area (TPSA) is 68.2 Å². The molecule has 3 heterocycles. The summed E-state index contributed by atoms with van der Waals surface area (Å²) in [5.74, 6) is 0.927. The number of nitrogens with one attached hydrogen (secondary N) is 2. The predicted octanol–water partition coefficient (Wildman–Crippen LogP) is 1.73. The molecule has 138 valence electrons. The third kappa shape index (κ3) is 3.47. The highest BCUT2D eigenvalue weighted by molar-refractivity contribution is 5.76. The van der Waals surface area contributed by atoms with Crippen molar-refractivity contribution in [1.29, 1.82) is 0 Å². The average molecular weight is 346 g/mol. The Morgan fingerprint density at radius 3 is 2.88 bits per heavy atom. The van der Waals surface area contributed by atoms with Crippen LogP contribution in [0.25, 0.3) is 0 Å². The Bertz CT molecular complexity index is 613. The van der Waals surface area contributed by atoms with Gasteiger partial charge < -0.3 is 19.9 Å². The first-order chi connectivity index (χ1) is 12.2. The summed E-state index contributed by atoms with van der Waals surface area (Å²) in [6.07, 6.45) is 9.39. The minimum absolute atomic E-state index is 0.0485. The Morgan fingerprint density at radius 1 is 1.36 bits per heavy atom. The number of imidazole rings is 1. The van der Waals surface area contributed by atoms with E-state index in [1.54, 1.807) is 0 Å². The third-order valence-electron chi connectivity index (χ3n) is 6.27. The number of hydrogen-bond donors (Lipinski definition) is 2. The SMILES string of the molecule is CC1CCC(NC(=O)Cn2cnc3c2CCNC32CCOCC2)CC1. The summed E-state index contributed by atoms with van der Waals surface area (Å²) in [7, 11) is 0. The van der Waals surface area contributed by atoms with Crippen molar-refractivity contribution in [1.82, 2.24) is 20.2 Å². The molecule has 0 bridgehead atoms. The number of rotatable bonds is 3. The quantitative estimate of drug-likeness (QED) is 0.875. The molecule has 1 amide bonds. The molecule has 3 aliphatic rings. The molecular weight excluding hydrogens is 316 g/mol. The van der Waals surface area contributed by atoms with Crippen molar-refractivity contribution in [3.05, 3.63) is 17.7 Å². The van der Waals surface area contributed by atoms with Crippen molar-refractivity contribution in [2.75, 3.05) is 19.8 Å². The maximum absolute atomic E-state index is 12.5. The van der Waals surface area contributed by atoms with Crippen LogP contribution < -0.4 is 10.6 Å². The van der Waals surface area contributed by atoms with Crippen LogP contribution in [0.5, 0.6) is 0 Å². The lowest BCUT2D eigenvalue weighted by Gasteiger charge is -2.40. The molecule has 0 atom stereocenters. The fraction of sp³-hybridized carbons (Fsp3) is 0.789. The molecule has 6 heteroatoms. The molecule has 4 rings (SSSR count). The van der Waals surface area contributed by atoms with E-state index in [-0.39, 0.29) is 11.4 Å². The lowest BCUT2D eigenvalue weighted by Crippen LogP contribution is -2.51. The zero-order valence-corrected chi connectivity index (χ0v) is 15.2. The van der Waals surface area contributed by atoms with Gasteiger partial charge in [0, 0.05) is 37.9 Å². The van der Waals surface area contributed by atoms with Crippen LogP contribution in [-0.4, -0.2) is 41.3 Å². The fourth-order valence-electron chi connectivity index (χ4n) is 4.68. The second-order valence-electron chi connectivity index (χ2n) is 8.06. The summed E-state index contributed by atoms with van der Waals surface area (Å²) in [6, 6.07) is 0.353. The zero-order valence-electron chi connectivity index (χ0n) is 15.2. The average Bonchev–Trinajstić information content (AvgIpc) is 3.02. The van der Waals surface area contributed by atoms with E-state index in [0.717, 1.165) is 63.5 Å². The Kier molecular flexibility index (Phi) is 4.82. The van der Waals surface area contributed by atoms with Gasteiger partial charge in [-0.25, -0.2) is 4.98 Å². The number of fused-ring (bicyclic) bond motifs is 2. The van der Waals surface area contributed by atoms with Gasteiger partial charge in [-0.3, -0.25) is 4.79 Å². The third-order valence-corrected chi connectivity index (χ3v) is 6.27. The lowest BCUT2D eigenvalue weighted by molar-refractivity contribution is -0.122. The van der Waals surface area contributed by atoms with Crippen molar-refractivity contribution in [3.8, 4) is 0 Å². The van der Waals surface area contributed by atoms with Gasteiger partial charge in [0.1, 0.15) is 6.54 Å². The monoisotopic (exact) mass is 346 g/mol. The molecule has 6 nitrogen and oxygen atoms in total. The molecule has 25 heavy (non-hydrogen) atoms. The van der Waals surface area contributed by atoms with E-state index in [2.05, 4.69) is 22.1 Å². The van der Waals surface area contributed by atoms with Crippen molar-refractivity contribution in [3.63, 3.8) is 0 Å². The molecule has 1 saturated carbocycles. The highest BCUT2D eigenvalue weighted by Gasteiger charge is 2.40. The van der Waals surface area contributed by atoms with E-state index in [9.17, 15) is 4.79 Å². The predicted molar refractivity (Wildman–Crippen MR) is 95.2 cm³/mol. The smallest absolute Gasteiger partial charge is 0.240 e. The highest BCUT2D eigenvalue weighted by Crippen LogP contribution is 2.35. The summed E-state index contributed by atoms with van der Waals surface area (Å²) >= 11 is 0. The summed E-state index contributed by atoms with van der Waals surface area (Å²) in [5.41, 5.74) is 2.32. The minimum atomic E-state index is -0.0485. The van der Waals surface area contributed by atoms with Crippen molar-refractivity contribution in [2.24, 2.45) is 5.92 Å². The molecule has 1 aliphatic carbocycles. The Morgan fingerprint density at radius 2 is 2.12 bits per heavy atom. The maximum atomic E-state index is 12.5.